The van der Waals surface area contributed by atoms with Crippen LogP contribution in [-0.4, -0.2) is 61.2 Å². The highest BCUT2D eigenvalue weighted by Crippen LogP contribution is 2.33. The predicted octanol–water partition coefficient (Wildman–Crippen LogP) is 1.55. The molecule has 10 heteroatoms. The number of nitrogens with one attached hydrogen (secondary N) is 1. The van der Waals surface area contributed by atoms with E-state index < -0.39 is 6.17 Å². The Morgan fingerprint density at radius 1 is 1.26 bits per heavy atom. The standard InChI is InChI=1S/C21H24FN7O2/c1-28-10-24-15-7-13(17(30)8-12(15)21(28)31)20-23-9-18(26-27-20)29(2)16-6-11-4-3-5-14(25-11)19(16)22/h7-11,14,16,19,25,30H,3-6H2,1-2H3/t11?,14?,16-,19+/m1/s1. The summed E-state index contributed by atoms with van der Waals surface area (Å²) in [5.41, 5.74) is 0.507. The lowest BCUT2D eigenvalue weighted by molar-refractivity contribution is 0.107. The molecule has 0 amide bonds. The van der Waals surface area contributed by atoms with Gasteiger partial charge in [0.1, 0.15) is 11.9 Å². The molecule has 9 nitrogen and oxygen atoms in total. The normalized spacial score (nSPS) is 25.5. The van der Waals surface area contributed by atoms with Gasteiger partial charge in [0.15, 0.2) is 11.6 Å². The molecule has 2 aromatic heterocycles. The Bertz CT molecular complexity index is 1180. The molecular formula is C21H24FN7O2. The number of phenols is 1. The van der Waals surface area contributed by atoms with Gasteiger partial charge in [0.05, 0.1) is 35.0 Å². The van der Waals surface area contributed by atoms with E-state index in [1.54, 1.807) is 13.1 Å². The van der Waals surface area contributed by atoms with Gasteiger partial charge in [-0.25, -0.2) is 14.4 Å². The summed E-state index contributed by atoms with van der Waals surface area (Å²) >= 11 is 0. The fourth-order valence-electron chi connectivity index (χ4n) is 4.70. The molecule has 1 aromatic carbocycles. The van der Waals surface area contributed by atoms with Crippen LogP contribution in [0, 0.1) is 0 Å². The molecule has 0 aliphatic carbocycles. The van der Waals surface area contributed by atoms with Crippen LogP contribution in [0.1, 0.15) is 25.7 Å². The zero-order valence-electron chi connectivity index (χ0n) is 17.4. The topological polar surface area (TPSA) is 109 Å². The van der Waals surface area contributed by atoms with Crippen molar-refractivity contribution >= 4 is 16.7 Å². The molecule has 2 bridgehead atoms. The maximum atomic E-state index is 15.0. The number of hydrogen-bond donors (Lipinski definition) is 2. The van der Waals surface area contributed by atoms with Crippen LogP contribution in [0.4, 0.5) is 10.2 Å². The molecule has 2 N–H and O–H groups in total. The zero-order valence-corrected chi connectivity index (χ0v) is 17.4. The Labute approximate surface area is 178 Å². The van der Waals surface area contributed by atoms with E-state index in [0.717, 1.165) is 19.3 Å². The molecule has 2 saturated heterocycles. The maximum Gasteiger partial charge on any atom is 0.261 e. The number of aryl methyl sites for hydroxylation is 1. The highest BCUT2D eigenvalue weighted by Gasteiger charge is 2.42. The summed E-state index contributed by atoms with van der Waals surface area (Å²) in [5.74, 6) is 0.553. The maximum absolute atomic E-state index is 15.0. The van der Waals surface area contributed by atoms with Gasteiger partial charge in [-0.2, -0.15) is 0 Å². The summed E-state index contributed by atoms with van der Waals surface area (Å²) in [6, 6.07) is 2.86. The molecule has 3 aromatic rings. The van der Waals surface area contributed by atoms with Crippen LogP contribution in [0.5, 0.6) is 5.75 Å². The monoisotopic (exact) mass is 425 g/mol. The van der Waals surface area contributed by atoms with E-state index in [2.05, 4.69) is 25.5 Å². The lowest BCUT2D eigenvalue weighted by Crippen LogP contribution is -2.61. The van der Waals surface area contributed by atoms with Crippen molar-refractivity contribution in [1.29, 1.82) is 0 Å². The Morgan fingerprint density at radius 2 is 2.10 bits per heavy atom. The number of fused-ring (bicyclic) bond motifs is 3. The average molecular weight is 425 g/mol. The quantitative estimate of drug-likeness (QED) is 0.651. The van der Waals surface area contributed by atoms with Crippen molar-refractivity contribution < 1.29 is 9.50 Å². The van der Waals surface area contributed by atoms with Gasteiger partial charge >= 0.3 is 0 Å². The van der Waals surface area contributed by atoms with E-state index in [0.29, 0.717) is 34.7 Å². The minimum absolute atomic E-state index is 0.116. The van der Waals surface area contributed by atoms with Gasteiger partial charge in [0.25, 0.3) is 5.56 Å². The van der Waals surface area contributed by atoms with E-state index in [-0.39, 0.29) is 29.2 Å². The summed E-state index contributed by atoms with van der Waals surface area (Å²) in [6.45, 7) is 0. The minimum Gasteiger partial charge on any atom is -0.507 e. The van der Waals surface area contributed by atoms with E-state index in [1.807, 2.05) is 11.9 Å². The van der Waals surface area contributed by atoms with Crippen LogP contribution < -0.4 is 15.8 Å². The number of piperidine rings is 2. The van der Waals surface area contributed by atoms with Crippen LogP contribution in [0.15, 0.2) is 29.5 Å². The fourth-order valence-corrected chi connectivity index (χ4v) is 4.70. The molecular weight excluding hydrogens is 401 g/mol. The summed E-state index contributed by atoms with van der Waals surface area (Å²) in [6.07, 6.45) is 5.66. The van der Waals surface area contributed by atoms with Crippen molar-refractivity contribution in [3.05, 3.63) is 35.0 Å². The van der Waals surface area contributed by atoms with E-state index in [9.17, 15) is 9.90 Å². The highest BCUT2D eigenvalue weighted by atomic mass is 19.1. The minimum atomic E-state index is -0.985. The molecule has 2 unspecified atom stereocenters. The third-order valence-electron chi connectivity index (χ3n) is 6.48. The number of benzene rings is 1. The fraction of sp³-hybridized carbons (Fsp3) is 0.476. The van der Waals surface area contributed by atoms with E-state index in [4.69, 9.17) is 0 Å². The van der Waals surface area contributed by atoms with Crippen molar-refractivity contribution in [2.24, 2.45) is 7.05 Å². The van der Waals surface area contributed by atoms with Gasteiger partial charge in [-0.15, -0.1) is 10.2 Å². The van der Waals surface area contributed by atoms with Crippen LogP contribution in [0.3, 0.4) is 0 Å². The predicted molar refractivity (Wildman–Crippen MR) is 114 cm³/mol. The number of alkyl halides is 1. The van der Waals surface area contributed by atoms with Gasteiger partial charge in [0.2, 0.25) is 0 Å². The van der Waals surface area contributed by atoms with Crippen molar-refractivity contribution in [1.82, 2.24) is 30.0 Å². The number of rotatable bonds is 3. The van der Waals surface area contributed by atoms with Gasteiger partial charge in [-0.1, -0.05) is 6.42 Å². The Kier molecular flexibility index (Phi) is 4.81. The molecule has 4 atom stereocenters. The van der Waals surface area contributed by atoms with E-state index >= 15 is 4.39 Å². The van der Waals surface area contributed by atoms with Crippen molar-refractivity contribution in [3.8, 4) is 17.1 Å². The van der Waals surface area contributed by atoms with Gasteiger partial charge < -0.3 is 19.9 Å². The number of anilines is 1. The first-order valence-electron chi connectivity index (χ1n) is 10.4. The molecule has 0 spiro atoms. The smallest absolute Gasteiger partial charge is 0.261 e. The summed E-state index contributed by atoms with van der Waals surface area (Å²) in [5, 5.41) is 22.5. The second-order valence-corrected chi connectivity index (χ2v) is 8.45. The molecule has 4 heterocycles. The van der Waals surface area contributed by atoms with Gasteiger partial charge in [-0.3, -0.25) is 4.79 Å². The lowest BCUT2D eigenvalue weighted by Gasteiger charge is -2.45. The Hall–Kier alpha value is -3.14. The number of aromatic nitrogens is 5. The van der Waals surface area contributed by atoms with Gasteiger partial charge in [0, 0.05) is 26.2 Å². The zero-order chi connectivity index (χ0) is 21.7. The molecule has 2 aliphatic rings. The second-order valence-electron chi connectivity index (χ2n) is 8.45. The average Bonchev–Trinajstić information content (AvgIpc) is 2.79. The van der Waals surface area contributed by atoms with Crippen molar-refractivity contribution in [3.63, 3.8) is 0 Å². The molecule has 162 valence electrons. The number of nitrogens with zero attached hydrogens (tertiary/aromatic N) is 6. The number of halogens is 1. The molecule has 2 fully saturated rings. The van der Waals surface area contributed by atoms with Crippen molar-refractivity contribution in [2.45, 2.75) is 50.0 Å². The Balaban J connectivity index is 1.43. The first-order valence-corrected chi connectivity index (χ1v) is 10.4. The highest BCUT2D eigenvalue weighted by molar-refractivity contribution is 5.85. The molecule has 5 rings (SSSR count). The second kappa shape index (κ2) is 7.52. The van der Waals surface area contributed by atoms with Gasteiger partial charge in [-0.05, 0) is 31.4 Å². The summed E-state index contributed by atoms with van der Waals surface area (Å²) in [7, 11) is 3.41. The molecule has 0 radical (unpaired) electrons. The number of aromatic hydroxyl groups is 1. The Morgan fingerprint density at radius 3 is 2.87 bits per heavy atom. The largest absolute Gasteiger partial charge is 0.507 e. The molecule has 2 aliphatic heterocycles. The summed E-state index contributed by atoms with van der Waals surface area (Å²) in [4.78, 5) is 22.6. The van der Waals surface area contributed by atoms with E-state index in [1.165, 1.54) is 23.2 Å². The SMILES string of the molecule is CN(c1cnc(-c2cc3ncn(C)c(=O)c3cc2O)nn1)[C@@H]1CC2CCCC(N2)[C@@H]1F. The van der Waals surface area contributed by atoms with Crippen LogP contribution in [0.2, 0.25) is 0 Å². The number of hydrogen-bond acceptors (Lipinski definition) is 8. The molecule has 31 heavy (non-hydrogen) atoms. The first-order chi connectivity index (χ1) is 14.9. The van der Waals surface area contributed by atoms with Crippen LogP contribution in [0.25, 0.3) is 22.3 Å². The first kappa shape index (κ1) is 19.8. The third kappa shape index (κ3) is 3.40. The van der Waals surface area contributed by atoms with Crippen molar-refractivity contribution in [2.75, 3.05) is 11.9 Å². The summed E-state index contributed by atoms with van der Waals surface area (Å²) < 4.78 is 16.4. The molecule has 0 saturated carbocycles. The third-order valence-corrected chi connectivity index (χ3v) is 6.48. The number of phenolic OH excluding ortho intramolecular Hbond substituents is 1. The van der Waals surface area contributed by atoms with Crippen LogP contribution in [-0.2, 0) is 7.05 Å². The lowest BCUT2D eigenvalue weighted by atomic mass is 9.82. The van der Waals surface area contributed by atoms with Crippen LogP contribution >= 0.6 is 0 Å².